The average molecular weight is 502 g/mol. The SMILES string of the molecule is O=C(C1CCN(c2ccc(-c3cccs3)nn2)CC1)N1CCN(c2cccc(Cl)c2Cl)CC1. The Hall–Kier alpha value is -2.35. The van der Waals surface area contributed by atoms with Gasteiger partial charge in [0.05, 0.1) is 20.6 Å². The second-order valence-electron chi connectivity index (χ2n) is 8.40. The van der Waals surface area contributed by atoms with E-state index in [-0.39, 0.29) is 11.8 Å². The van der Waals surface area contributed by atoms with E-state index < -0.39 is 0 Å². The number of halogens is 2. The first kappa shape index (κ1) is 22.4. The number of piperidine rings is 1. The Kier molecular flexibility index (Phi) is 6.71. The van der Waals surface area contributed by atoms with E-state index in [1.165, 1.54) is 0 Å². The summed E-state index contributed by atoms with van der Waals surface area (Å²) in [5.41, 5.74) is 1.84. The molecule has 4 heterocycles. The van der Waals surface area contributed by atoms with E-state index in [1.807, 2.05) is 40.6 Å². The van der Waals surface area contributed by atoms with Gasteiger partial charge in [-0.3, -0.25) is 4.79 Å². The minimum absolute atomic E-state index is 0.0703. The molecule has 1 amide bonds. The zero-order chi connectivity index (χ0) is 22.8. The Balaban J connectivity index is 1.13. The highest BCUT2D eigenvalue weighted by molar-refractivity contribution is 7.13. The summed E-state index contributed by atoms with van der Waals surface area (Å²) >= 11 is 14.2. The van der Waals surface area contributed by atoms with Gasteiger partial charge in [0.15, 0.2) is 5.82 Å². The fraction of sp³-hybridized carbons (Fsp3) is 0.375. The molecule has 5 rings (SSSR count). The molecule has 3 aromatic rings. The molecule has 9 heteroatoms. The van der Waals surface area contributed by atoms with Crippen LogP contribution in [0.3, 0.4) is 0 Å². The molecule has 6 nitrogen and oxygen atoms in total. The van der Waals surface area contributed by atoms with Gasteiger partial charge in [0.2, 0.25) is 5.91 Å². The van der Waals surface area contributed by atoms with E-state index in [2.05, 4.69) is 26.1 Å². The van der Waals surface area contributed by atoms with Crippen molar-refractivity contribution in [2.24, 2.45) is 5.92 Å². The van der Waals surface area contributed by atoms with Crippen LogP contribution in [0, 0.1) is 5.92 Å². The lowest BCUT2D eigenvalue weighted by Crippen LogP contribution is -2.51. The Labute approximate surface area is 207 Å². The Morgan fingerprint density at radius 2 is 1.67 bits per heavy atom. The minimum atomic E-state index is 0.0703. The van der Waals surface area contributed by atoms with E-state index in [0.717, 1.165) is 61.1 Å². The molecule has 0 N–H and O–H groups in total. The first-order chi connectivity index (χ1) is 16.1. The highest BCUT2D eigenvalue weighted by Crippen LogP contribution is 2.33. The van der Waals surface area contributed by atoms with Crippen LogP contribution in [0.4, 0.5) is 11.5 Å². The van der Waals surface area contributed by atoms with Crippen molar-refractivity contribution in [1.29, 1.82) is 0 Å². The second-order valence-corrected chi connectivity index (χ2v) is 10.1. The predicted octanol–water partition coefficient (Wildman–Crippen LogP) is 5.08. The zero-order valence-electron chi connectivity index (χ0n) is 18.2. The molecular weight excluding hydrogens is 477 g/mol. The van der Waals surface area contributed by atoms with Crippen LogP contribution in [0.1, 0.15) is 12.8 Å². The Morgan fingerprint density at radius 3 is 2.33 bits per heavy atom. The van der Waals surface area contributed by atoms with Gasteiger partial charge in [-0.15, -0.1) is 21.5 Å². The summed E-state index contributed by atoms with van der Waals surface area (Å²) in [7, 11) is 0. The molecule has 0 atom stereocenters. The maximum absolute atomic E-state index is 13.2. The molecule has 0 unspecified atom stereocenters. The van der Waals surface area contributed by atoms with E-state index in [9.17, 15) is 4.79 Å². The molecule has 0 aliphatic carbocycles. The van der Waals surface area contributed by atoms with Gasteiger partial charge in [-0.2, -0.15) is 0 Å². The van der Waals surface area contributed by atoms with Crippen LogP contribution in [0.15, 0.2) is 47.8 Å². The first-order valence-electron chi connectivity index (χ1n) is 11.2. The molecule has 0 spiro atoms. The summed E-state index contributed by atoms with van der Waals surface area (Å²) in [6, 6.07) is 13.8. The quantitative estimate of drug-likeness (QED) is 0.498. The molecule has 2 aromatic heterocycles. The summed E-state index contributed by atoms with van der Waals surface area (Å²) in [6.45, 7) is 4.58. The highest BCUT2D eigenvalue weighted by Gasteiger charge is 2.31. The fourth-order valence-corrected chi connectivity index (χ4v) is 5.67. The Morgan fingerprint density at radius 1 is 0.879 bits per heavy atom. The third kappa shape index (κ3) is 4.81. The van der Waals surface area contributed by atoms with Crippen LogP contribution in [0.2, 0.25) is 10.0 Å². The summed E-state index contributed by atoms with van der Waals surface area (Å²) in [4.78, 5) is 20.7. The number of nitrogens with zero attached hydrogens (tertiary/aromatic N) is 5. The van der Waals surface area contributed by atoms with Crippen LogP contribution in [-0.2, 0) is 4.79 Å². The van der Waals surface area contributed by atoms with Crippen LogP contribution in [0.25, 0.3) is 10.6 Å². The maximum Gasteiger partial charge on any atom is 0.225 e. The molecule has 1 aromatic carbocycles. The van der Waals surface area contributed by atoms with Crippen molar-refractivity contribution < 1.29 is 4.79 Å². The molecule has 2 saturated heterocycles. The highest BCUT2D eigenvalue weighted by atomic mass is 35.5. The van der Waals surface area contributed by atoms with Gasteiger partial charge >= 0.3 is 0 Å². The molecule has 172 valence electrons. The van der Waals surface area contributed by atoms with Gasteiger partial charge in [0.1, 0.15) is 5.69 Å². The molecule has 0 bridgehead atoms. The normalized spacial score (nSPS) is 17.5. The Bertz CT molecular complexity index is 1090. The second kappa shape index (κ2) is 9.87. The zero-order valence-corrected chi connectivity index (χ0v) is 20.5. The summed E-state index contributed by atoms with van der Waals surface area (Å²) < 4.78 is 0. The number of benzene rings is 1. The molecule has 2 aliphatic rings. The number of anilines is 2. The lowest BCUT2D eigenvalue weighted by molar-refractivity contribution is -0.136. The van der Waals surface area contributed by atoms with Gasteiger partial charge in [0.25, 0.3) is 0 Å². The van der Waals surface area contributed by atoms with Gasteiger partial charge in [0, 0.05) is 45.2 Å². The summed E-state index contributed by atoms with van der Waals surface area (Å²) in [5.74, 6) is 1.22. The number of carbonyl (C=O) groups excluding carboxylic acids is 1. The van der Waals surface area contributed by atoms with Crippen LogP contribution >= 0.6 is 34.5 Å². The maximum atomic E-state index is 13.2. The van der Waals surface area contributed by atoms with Crippen molar-refractivity contribution in [1.82, 2.24) is 15.1 Å². The molecule has 2 fully saturated rings. The van der Waals surface area contributed by atoms with E-state index in [1.54, 1.807) is 17.4 Å². The molecule has 33 heavy (non-hydrogen) atoms. The number of piperazine rings is 1. The molecule has 0 saturated carbocycles. The van der Waals surface area contributed by atoms with Crippen LogP contribution in [-0.4, -0.2) is 60.3 Å². The average Bonchev–Trinajstić information content (AvgIpc) is 3.41. The molecule has 0 radical (unpaired) electrons. The van der Waals surface area contributed by atoms with E-state index in [4.69, 9.17) is 23.2 Å². The number of amides is 1. The standard InChI is InChI=1S/C24H25Cl2N5OS/c25-18-3-1-4-20(23(18)26)29-12-14-31(15-13-29)24(32)17-8-10-30(11-9-17)22-7-6-19(27-28-22)21-5-2-16-33-21/h1-7,16-17H,8-15H2. The third-order valence-electron chi connectivity index (χ3n) is 6.46. The number of rotatable bonds is 4. The van der Waals surface area contributed by atoms with Crippen LogP contribution < -0.4 is 9.80 Å². The molecular formula is C24H25Cl2N5OS. The number of hydrogen-bond acceptors (Lipinski definition) is 6. The largest absolute Gasteiger partial charge is 0.367 e. The first-order valence-corrected chi connectivity index (χ1v) is 12.8. The lowest BCUT2D eigenvalue weighted by atomic mass is 9.95. The number of hydrogen-bond donors (Lipinski definition) is 0. The number of carbonyl (C=O) groups is 1. The minimum Gasteiger partial charge on any atom is -0.367 e. The van der Waals surface area contributed by atoms with Crippen molar-refractivity contribution in [3.8, 4) is 10.6 Å². The van der Waals surface area contributed by atoms with Crippen molar-refractivity contribution in [3.63, 3.8) is 0 Å². The van der Waals surface area contributed by atoms with Crippen molar-refractivity contribution in [2.45, 2.75) is 12.8 Å². The van der Waals surface area contributed by atoms with Crippen molar-refractivity contribution >= 4 is 52.0 Å². The topological polar surface area (TPSA) is 52.6 Å². The monoisotopic (exact) mass is 501 g/mol. The fourth-order valence-electron chi connectivity index (χ4n) is 4.57. The third-order valence-corrected chi connectivity index (χ3v) is 8.16. The molecule has 2 aliphatic heterocycles. The summed E-state index contributed by atoms with van der Waals surface area (Å²) in [5, 5.41) is 12.0. The smallest absolute Gasteiger partial charge is 0.225 e. The number of aromatic nitrogens is 2. The van der Waals surface area contributed by atoms with Crippen molar-refractivity contribution in [3.05, 3.63) is 57.9 Å². The van der Waals surface area contributed by atoms with E-state index >= 15 is 0 Å². The predicted molar refractivity (Wildman–Crippen MR) is 136 cm³/mol. The van der Waals surface area contributed by atoms with E-state index in [0.29, 0.717) is 23.1 Å². The van der Waals surface area contributed by atoms with Gasteiger partial charge in [-0.05, 0) is 48.6 Å². The van der Waals surface area contributed by atoms with Gasteiger partial charge in [-0.25, -0.2) is 0 Å². The van der Waals surface area contributed by atoms with Crippen molar-refractivity contribution in [2.75, 3.05) is 49.1 Å². The van der Waals surface area contributed by atoms with Crippen LogP contribution in [0.5, 0.6) is 0 Å². The summed E-state index contributed by atoms with van der Waals surface area (Å²) in [6.07, 6.45) is 1.68. The van der Waals surface area contributed by atoms with Gasteiger partial charge in [-0.1, -0.05) is 35.3 Å². The van der Waals surface area contributed by atoms with Gasteiger partial charge < -0.3 is 14.7 Å². The lowest BCUT2D eigenvalue weighted by Gasteiger charge is -2.39. The number of thiophene rings is 1.